The quantitative estimate of drug-likeness (QED) is 0.554. The Morgan fingerprint density at radius 3 is 2.56 bits per heavy atom. The summed E-state index contributed by atoms with van der Waals surface area (Å²) in [6, 6.07) is 15.1. The van der Waals surface area contributed by atoms with E-state index in [-0.39, 0.29) is 12.4 Å². The number of ether oxygens (including phenoxy) is 1. The number of Topliss-reactive ketones (excluding diaryl/α,β-unsaturated/α-hetero) is 1. The largest absolute Gasteiger partial charge is 0.491 e. The van der Waals surface area contributed by atoms with E-state index in [1.54, 1.807) is 24.3 Å². The topological polar surface area (TPSA) is 55.3 Å². The van der Waals surface area contributed by atoms with Gasteiger partial charge in [0.2, 0.25) is 0 Å². The number of rotatable bonds is 6. The lowest BCUT2D eigenvalue weighted by Crippen LogP contribution is -2.32. The molecule has 130 valence electrons. The molecule has 2 aromatic carbocycles. The molecule has 1 aromatic heterocycles. The number of aryl methyl sites for hydroxylation is 1. The number of benzene rings is 2. The van der Waals surface area contributed by atoms with Gasteiger partial charge < -0.3 is 9.84 Å². The van der Waals surface area contributed by atoms with Crippen LogP contribution in [0.25, 0.3) is 11.0 Å². The normalized spacial score (nSPS) is 12.3. The lowest BCUT2D eigenvalue weighted by molar-refractivity contribution is -0.652. The third-order valence-electron chi connectivity index (χ3n) is 4.51. The van der Waals surface area contributed by atoms with Crippen LogP contribution in [0.1, 0.15) is 23.1 Å². The number of nitrogens with zero attached hydrogens (tertiary/aromatic N) is 2. The van der Waals surface area contributed by atoms with E-state index < -0.39 is 6.10 Å². The summed E-state index contributed by atoms with van der Waals surface area (Å²) in [6.07, 6.45) is -0.637. The summed E-state index contributed by atoms with van der Waals surface area (Å²) in [5, 5.41) is 10.4. The zero-order valence-electron chi connectivity index (χ0n) is 14.8. The minimum Gasteiger partial charge on any atom is -0.491 e. The van der Waals surface area contributed by atoms with Crippen LogP contribution in [-0.2, 0) is 13.6 Å². The molecular weight excluding hydrogens is 316 g/mol. The molecule has 5 heteroatoms. The standard InChI is InChI=1S/C20H23N2O3/c1-14(23)16-8-10-18(11-9-16)25-13-17(24)12-22-15(2)21(3)19-6-4-5-7-20(19)22/h4-11,17,24H,12-13H2,1-3H3/q+1/t17-/m0/s1. The van der Waals surface area contributed by atoms with Gasteiger partial charge in [-0.1, -0.05) is 12.1 Å². The van der Waals surface area contributed by atoms with E-state index in [4.69, 9.17) is 4.74 Å². The average Bonchev–Trinajstić information content (AvgIpc) is 2.85. The Kier molecular flexibility index (Phi) is 4.86. The summed E-state index contributed by atoms with van der Waals surface area (Å²) in [6.45, 7) is 4.21. The van der Waals surface area contributed by atoms with Gasteiger partial charge in [0.15, 0.2) is 16.8 Å². The van der Waals surface area contributed by atoms with E-state index in [0.717, 1.165) is 16.9 Å². The number of aliphatic hydroxyl groups excluding tert-OH is 1. The highest BCUT2D eigenvalue weighted by molar-refractivity contribution is 5.94. The number of hydrogen-bond donors (Lipinski definition) is 1. The molecule has 0 bridgehead atoms. The molecule has 0 saturated heterocycles. The first-order valence-electron chi connectivity index (χ1n) is 8.33. The van der Waals surface area contributed by atoms with Gasteiger partial charge in [-0.05, 0) is 43.3 Å². The minimum atomic E-state index is -0.637. The Morgan fingerprint density at radius 2 is 1.88 bits per heavy atom. The Balaban J connectivity index is 1.68. The molecule has 0 saturated carbocycles. The van der Waals surface area contributed by atoms with E-state index >= 15 is 0 Å². The van der Waals surface area contributed by atoms with E-state index in [1.807, 2.05) is 26.1 Å². The highest BCUT2D eigenvalue weighted by Crippen LogP contribution is 2.16. The third-order valence-corrected chi connectivity index (χ3v) is 4.51. The van der Waals surface area contributed by atoms with Gasteiger partial charge in [-0.15, -0.1) is 0 Å². The number of para-hydroxylation sites is 2. The summed E-state index contributed by atoms with van der Waals surface area (Å²) in [5.41, 5.74) is 2.87. The van der Waals surface area contributed by atoms with Gasteiger partial charge in [-0.25, -0.2) is 9.13 Å². The first-order chi connectivity index (χ1) is 12.0. The summed E-state index contributed by atoms with van der Waals surface area (Å²) in [7, 11) is 2.02. The molecule has 1 atom stereocenters. The second-order valence-corrected chi connectivity index (χ2v) is 6.25. The fraction of sp³-hybridized carbons (Fsp3) is 0.300. The first-order valence-corrected chi connectivity index (χ1v) is 8.33. The third kappa shape index (κ3) is 3.56. The molecule has 25 heavy (non-hydrogen) atoms. The fourth-order valence-electron chi connectivity index (χ4n) is 2.98. The van der Waals surface area contributed by atoms with Gasteiger partial charge in [-0.2, -0.15) is 0 Å². The van der Waals surface area contributed by atoms with Crippen LogP contribution in [0.3, 0.4) is 0 Å². The van der Waals surface area contributed by atoms with Crippen molar-refractivity contribution in [3.05, 3.63) is 59.9 Å². The summed E-state index contributed by atoms with van der Waals surface area (Å²) in [5.74, 6) is 1.74. The van der Waals surface area contributed by atoms with Crippen molar-refractivity contribution in [2.45, 2.75) is 26.5 Å². The average molecular weight is 339 g/mol. The van der Waals surface area contributed by atoms with Crippen LogP contribution in [0.4, 0.5) is 0 Å². The molecule has 0 spiro atoms. The number of carbonyl (C=O) groups excluding carboxylic acids is 1. The van der Waals surface area contributed by atoms with Crippen molar-refractivity contribution in [2.24, 2.45) is 7.05 Å². The van der Waals surface area contributed by atoms with Crippen LogP contribution in [0.15, 0.2) is 48.5 Å². The zero-order chi connectivity index (χ0) is 18.0. The van der Waals surface area contributed by atoms with Crippen molar-refractivity contribution in [3.63, 3.8) is 0 Å². The maximum Gasteiger partial charge on any atom is 0.254 e. The lowest BCUT2D eigenvalue weighted by Gasteiger charge is -2.12. The van der Waals surface area contributed by atoms with Crippen LogP contribution >= 0.6 is 0 Å². The minimum absolute atomic E-state index is 0.0226. The summed E-state index contributed by atoms with van der Waals surface area (Å²) >= 11 is 0. The van der Waals surface area contributed by atoms with Crippen molar-refractivity contribution >= 4 is 16.8 Å². The van der Waals surface area contributed by atoms with Crippen LogP contribution in [0.5, 0.6) is 5.75 Å². The fourth-order valence-corrected chi connectivity index (χ4v) is 2.98. The van der Waals surface area contributed by atoms with Crippen LogP contribution in [0, 0.1) is 6.92 Å². The van der Waals surface area contributed by atoms with Crippen molar-refractivity contribution in [1.29, 1.82) is 0 Å². The number of fused-ring (bicyclic) bond motifs is 1. The Morgan fingerprint density at radius 1 is 1.20 bits per heavy atom. The monoisotopic (exact) mass is 339 g/mol. The molecule has 0 aliphatic carbocycles. The molecule has 1 heterocycles. The molecule has 0 fully saturated rings. The summed E-state index contributed by atoms with van der Waals surface area (Å²) in [4.78, 5) is 11.3. The van der Waals surface area contributed by atoms with E-state index in [9.17, 15) is 9.90 Å². The van der Waals surface area contributed by atoms with Crippen molar-refractivity contribution in [3.8, 4) is 5.75 Å². The van der Waals surface area contributed by atoms with Gasteiger partial charge in [0.1, 0.15) is 25.0 Å². The molecule has 0 amide bonds. The number of hydrogen-bond acceptors (Lipinski definition) is 3. The van der Waals surface area contributed by atoms with E-state index in [0.29, 0.717) is 17.9 Å². The Labute approximate surface area is 147 Å². The van der Waals surface area contributed by atoms with Crippen LogP contribution in [0.2, 0.25) is 0 Å². The van der Waals surface area contributed by atoms with Gasteiger partial charge in [0.05, 0.1) is 7.05 Å². The zero-order valence-corrected chi connectivity index (χ0v) is 14.8. The Bertz CT molecular complexity index is 897. The van der Waals surface area contributed by atoms with Crippen molar-refractivity contribution in [1.82, 2.24) is 4.57 Å². The van der Waals surface area contributed by atoms with Crippen LogP contribution in [-0.4, -0.2) is 28.2 Å². The first kappa shape index (κ1) is 17.2. The van der Waals surface area contributed by atoms with Gasteiger partial charge in [0, 0.05) is 12.5 Å². The van der Waals surface area contributed by atoms with E-state index in [2.05, 4.69) is 21.3 Å². The van der Waals surface area contributed by atoms with Gasteiger partial charge >= 0.3 is 0 Å². The van der Waals surface area contributed by atoms with Crippen molar-refractivity contribution < 1.29 is 19.2 Å². The molecule has 0 aliphatic rings. The number of imidazole rings is 1. The summed E-state index contributed by atoms with van der Waals surface area (Å²) < 4.78 is 9.87. The highest BCUT2D eigenvalue weighted by Gasteiger charge is 2.21. The molecule has 0 aliphatic heterocycles. The maximum absolute atomic E-state index is 11.3. The molecule has 3 aromatic rings. The van der Waals surface area contributed by atoms with Crippen molar-refractivity contribution in [2.75, 3.05) is 6.61 Å². The second kappa shape index (κ2) is 7.07. The Hall–Kier alpha value is -2.66. The molecule has 1 N–H and O–H groups in total. The predicted octanol–water partition coefficient (Wildman–Crippen LogP) is 2.42. The second-order valence-electron chi connectivity index (χ2n) is 6.25. The molecule has 0 unspecified atom stereocenters. The van der Waals surface area contributed by atoms with Crippen LogP contribution < -0.4 is 9.30 Å². The molecule has 5 nitrogen and oxygen atoms in total. The smallest absolute Gasteiger partial charge is 0.254 e. The number of carbonyl (C=O) groups is 1. The van der Waals surface area contributed by atoms with Gasteiger partial charge in [0.25, 0.3) is 5.82 Å². The number of aromatic nitrogens is 2. The number of ketones is 1. The SMILES string of the molecule is CC(=O)c1ccc(OC[C@@H](O)Cn2c(C)[n+](C)c3ccccc32)cc1. The van der Waals surface area contributed by atoms with Gasteiger partial charge in [-0.3, -0.25) is 4.79 Å². The maximum atomic E-state index is 11.3. The lowest BCUT2D eigenvalue weighted by atomic mass is 10.1. The predicted molar refractivity (Wildman–Crippen MR) is 95.8 cm³/mol. The highest BCUT2D eigenvalue weighted by atomic mass is 16.5. The molecule has 3 rings (SSSR count). The number of aliphatic hydroxyl groups is 1. The molecule has 0 radical (unpaired) electrons. The van der Waals surface area contributed by atoms with E-state index in [1.165, 1.54) is 6.92 Å². The molecular formula is C20H23N2O3+.